The highest BCUT2D eigenvalue weighted by molar-refractivity contribution is 5.92. The van der Waals surface area contributed by atoms with Gasteiger partial charge in [-0.3, -0.25) is 0 Å². The molecule has 1 aromatic heterocycles. The quantitative estimate of drug-likeness (QED) is 0.392. The third-order valence-electron chi connectivity index (χ3n) is 6.47. The van der Waals surface area contributed by atoms with Crippen molar-refractivity contribution < 1.29 is 32.2 Å². The number of methoxy groups -OCH3 is 2. The molecule has 4 rings (SSSR count). The van der Waals surface area contributed by atoms with Crippen molar-refractivity contribution in [1.82, 2.24) is 14.9 Å². The van der Waals surface area contributed by atoms with E-state index in [1.54, 1.807) is 30.9 Å². The van der Waals surface area contributed by atoms with Crippen molar-refractivity contribution >= 4 is 28.5 Å². The van der Waals surface area contributed by atoms with Gasteiger partial charge in [-0.05, 0) is 56.5 Å². The molecular formula is C26H30F3N5O4. The third-order valence-corrected chi connectivity index (χ3v) is 6.47. The number of amides is 1. The summed E-state index contributed by atoms with van der Waals surface area (Å²) in [6.45, 7) is 4.26. The van der Waals surface area contributed by atoms with Gasteiger partial charge in [-0.15, -0.1) is 0 Å². The molecule has 38 heavy (non-hydrogen) atoms. The molecule has 0 saturated carbocycles. The van der Waals surface area contributed by atoms with Crippen LogP contribution in [0.25, 0.3) is 10.9 Å². The molecule has 0 aliphatic carbocycles. The molecule has 3 aromatic rings. The first-order valence-electron chi connectivity index (χ1n) is 12.1. The SMILES string of the molecule is COC(=O)N1CCC[C@H]1COc1cc2c(N[C@H](C)c3cc(N)cc(C(F)(F)F)c3)nc(C)nc2cc1OC. The van der Waals surface area contributed by atoms with E-state index in [4.69, 9.17) is 19.9 Å². The predicted molar refractivity (Wildman–Crippen MR) is 136 cm³/mol. The van der Waals surface area contributed by atoms with Crippen LogP contribution in [0.4, 0.5) is 29.5 Å². The summed E-state index contributed by atoms with van der Waals surface area (Å²) in [7, 11) is 2.85. The Morgan fingerprint density at radius 3 is 2.63 bits per heavy atom. The minimum atomic E-state index is -4.52. The number of nitrogens with two attached hydrogens (primary N) is 1. The van der Waals surface area contributed by atoms with Crippen LogP contribution in [-0.2, 0) is 10.9 Å². The molecule has 0 unspecified atom stereocenters. The van der Waals surface area contributed by atoms with Crippen LogP contribution < -0.4 is 20.5 Å². The molecule has 1 aliphatic rings. The lowest BCUT2D eigenvalue weighted by Gasteiger charge is -2.24. The Kier molecular flexibility index (Phi) is 7.70. The van der Waals surface area contributed by atoms with Gasteiger partial charge in [0.25, 0.3) is 0 Å². The number of aryl methyl sites for hydroxylation is 1. The van der Waals surface area contributed by atoms with Crippen molar-refractivity contribution in [2.24, 2.45) is 0 Å². The molecule has 1 fully saturated rings. The number of carbonyl (C=O) groups is 1. The Bertz CT molecular complexity index is 1330. The number of nitrogen functional groups attached to an aromatic ring is 1. The number of ether oxygens (including phenoxy) is 3. The lowest BCUT2D eigenvalue weighted by atomic mass is 10.0. The summed E-state index contributed by atoms with van der Waals surface area (Å²) in [6, 6.07) is 6.19. The molecule has 2 aromatic carbocycles. The third kappa shape index (κ3) is 5.79. The highest BCUT2D eigenvalue weighted by Gasteiger charge is 2.32. The molecule has 1 amide bonds. The smallest absolute Gasteiger partial charge is 0.416 e. The molecule has 3 N–H and O–H groups in total. The first-order chi connectivity index (χ1) is 18.0. The molecule has 9 nitrogen and oxygen atoms in total. The van der Waals surface area contributed by atoms with E-state index in [0.717, 1.165) is 25.0 Å². The van der Waals surface area contributed by atoms with Crippen molar-refractivity contribution in [3.8, 4) is 11.5 Å². The van der Waals surface area contributed by atoms with Gasteiger partial charge in [0, 0.05) is 23.7 Å². The molecular weight excluding hydrogens is 503 g/mol. The van der Waals surface area contributed by atoms with E-state index in [9.17, 15) is 18.0 Å². The van der Waals surface area contributed by atoms with E-state index < -0.39 is 23.9 Å². The first kappa shape index (κ1) is 27.1. The number of likely N-dealkylation sites (tertiary alicyclic amines) is 1. The van der Waals surface area contributed by atoms with E-state index >= 15 is 0 Å². The summed E-state index contributed by atoms with van der Waals surface area (Å²) in [5.41, 5.74) is 5.88. The summed E-state index contributed by atoms with van der Waals surface area (Å²) >= 11 is 0. The number of aromatic nitrogens is 2. The molecule has 1 saturated heterocycles. The maximum atomic E-state index is 13.3. The van der Waals surface area contributed by atoms with E-state index in [0.29, 0.717) is 46.2 Å². The molecule has 2 atom stereocenters. The Morgan fingerprint density at radius 1 is 1.18 bits per heavy atom. The maximum Gasteiger partial charge on any atom is 0.416 e. The fraction of sp³-hybridized carbons (Fsp3) is 0.423. The fourth-order valence-electron chi connectivity index (χ4n) is 4.57. The van der Waals surface area contributed by atoms with E-state index in [-0.39, 0.29) is 18.3 Å². The van der Waals surface area contributed by atoms with Gasteiger partial charge >= 0.3 is 12.3 Å². The fourth-order valence-corrected chi connectivity index (χ4v) is 4.57. The van der Waals surface area contributed by atoms with Crippen LogP contribution in [0.1, 0.15) is 42.8 Å². The minimum Gasteiger partial charge on any atom is -0.493 e. The highest BCUT2D eigenvalue weighted by atomic mass is 19.4. The standard InChI is InChI=1S/C26H30F3N5O4/c1-14(16-8-17(26(27,28)29)10-18(30)9-16)31-24-20-11-23(22(36-3)12-21(20)32-15(2)33-24)38-13-19-6-5-7-34(19)25(35)37-4/h8-12,14,19H,5-7,13,30H2,1-4H3,(H,31,32,33)/t14-,19+/m1/s1. The van der Waals surface area contributed by atoms with Crippen molar-refractivity contribution in [2.45, 2.75) is 44.9 Å². The predicted octanol–water partition coefficient (Wildman–Crippen LogP) is 5.33. The Balaban J connectivity index is 1.65. The van der Waals surface area contributed by atoms with Crippen molar-refractivity contribution in [2.75, 3.05) is 38.4 Å². The number of hydrogen-bond acceptors (Lipinski definition) is 8. The van der Waals surface area contributed by atoms with E-state index in [1.165, 1.54) is 20.3 Å². The van der Waals surface area contributed by atoms with Gasteiger partial charge in [-0.1, -0.05) is 0 Å². The summed E-state index contributed by atoms with van der Waals surface area (Å²) in [4.78, 5) is 22.7. The van der Waals surface area contributed by atoms with Crippen LogP contribution in [0.15, 0.2) is 30.3 Å². The molecule has 0 spiro atoms. The largest absolute Gasteiger partial charge is 0.493 e. The summed E-state index contributed by atoms with van der Waals surface area (Å²) < 4.78 is 56.5. The molecule has 0 radical (unpaired) electrons. The van der Waals surface area contributed by atoms with E-state index in [1.807, 2.05) is 0 Å². The molecule has 12 heteroatoms. The maximum absolute atomic E-state index is 13.3. The number of carbonyl (C=O) groups excluding carboxylic acids is 1. The van der Waals surface area contributed by atoms with Crippen LogP contribution in [0.2, 0.25) is 0 Å². The Hall–Kier alpha value is -3.96. The topological polar surface area (TPSA) is 112 Å². The van der Waals surface area contributed by atoms with Gasteiger partial charge in [-0.2, -0.15) is 13.2 Å². The summed E-state index contributed by atoms with van der Waals surface area (Å²) in [5.74, 6) is 1.75. The number of hydrogen-bond donors (Lipinski definition) is 2. The lowest BCUT2D eigenvalue weighted by Crippen LogP contribution is -2.38. The number of anilines is 2. The Morgan fingerprint density at radius 2 is 1.95 bits per heavy atom. The zero-order valence-electron chi connectivity index (χ0n) is 21.6. The van der Waals surface area contributed by atoms with E-state index in [2.05, 4.69) is 15.3 Å². The normalized spacial score (nSPS) is 16.4. The number of nitrogens with one attached hydrogen (secondary N) is 1. The minimum absolute atomic E-state index is 0.0144. The number of halogens is 3. The van der Waals surface area contributed by atoms with Gasteiger partial charge in [-0.25, -0.2) is 14.8 Å². The van der Waals surface area contributed by atoms with Crippen molar-refractivity contribution in [1.29, 1.82) is 0 Å². The lowest BCUT2D eigenvalue weighted by molar-refractivity contribution is -0.137. The van der Waals surface area contributed by atoms with Gasteiger partial charge in [0.05, 0.1) is 37.4 Å². The van der Waals surface area contributed by atoms with Crippen LogP contribution in [-0.4, -0.2) is 54.4 Å². The average molecular weight is 534 g/mol. The monoisotopic (exact) mass is 533 g/mol. The van der Waals surface area contributed by atoms with Crippen LogP contribution in [0.5, 0.6) is 11.5 Å². The van der Waals surface area contributed by atoms with Crippen molar-refractivity contribution in [3.63, 3.8) is 0 Å². The Labute approximate surface area is 218 Å². The molecule has 204 valence electrons. The number of nitrogens with zero attached hydrogens (tertiary/aromatic N) is 3. The van der Waals surface area contributed by atoms with Gasteiger partial charge in [0.15, 0.2) is 11.5 Å². The number of rotatable bonds is 7. The van der Waals surface area contributed by atoms with Crippen LogP contribution in [0.3, 0.4) is 0 Å². The first-order valence-corrected chi connectivity index (χ1v) is 12.1. The second-order valence-corrected chi connectivity index (χ2v) is 9.16. The molecule has 0 bridgehead atoms. The molecule has 1 aliphatic heterocycles. The summed E-state index contributed by atoms with van der Waals surface area (Å²) in [6.07, 6.45) is -3.30. The van der Waals surface area contributed by atoms with Crippen LogP contribution >= 0.6 is 0 Å². The van der Waals surface area contributed by atoms with Crippen molar-refractivity contribution in [3.05, 3.63) is 47.3 Å². The zero-order chi connectivity index (χ0) is 27.6. The number of fused-ring (bicyclic) bond motifs is 1. The van der Waals surface area contributed by atoms with Crippen LogP contribution in [0, 0.1) is 6.92 Å². The number of alkyl halides is 3. The van der Waals surface area contributed by atoms with Gasteiger partial charge in [0.1, 0.15) is 18.2 Å². The number of benzene rings is 2. The zero-order valence-corrected chi connectivity index (χ0v) is 21.6. The van der Waals surface area contributed by atoms with Gasteiger partial charge in [0.2, 0.25) is 0 Å². The van der Waals surface area contributed by atoms with Gasteiger partial charge < -0.3 is 30.2 Å². The second-order valence-electron chi connectivity index (χ2n) is 9.16. The molecule has 2 heterocycles. The summed E-state index contributed by atoms with van der Waals surface area (Å²) in [5, 5.41) is 3.79. The highest BCUT2D eigenvalue weighted by Crippen LogP contribution is 2.37. The second kappa shape index (κ2) is 10.8. The average Bonchev–Trinajstić information content (AvgIpc) is 3.34.